The lowest BCUT2D eigenvalue weighted by atomic mass is 10.2. The number of phenolic OH excluding ortho intramolecular Hbond substituents is 1. The van der Waals surface area contributed by atoms with Crippen LogP contribution in [0.15, 0.2) is 52.0 Å². The minimum absolute atomic E-state index is 0.201. The quantitative estimate of drug-likeness (QED) is 0.508. The summed E-state index contributed by atoms with van der Waals surface area (Å²) in [6.07, 6.45) is 1.65. The van der Waals surface area contributed by atoms with Gasteiger partial charge in [-0.15, -0.1) is 0 Å². The molecular formula is C14H11BrN4O. The summed E-state index contributed by atoms with van der Waals surface area (Å²) in [6.45, 7) is 0. The number of aromatic nitrogens is 2. The van der Waals surface area contributed by atoms with Crippen molar-refractivity contribution in [2.24, 2.45) is 5.10 Å². The molecule has 0 aliphatic rings. The number of aromatic hydroxyl groups is 1. The van der Waals surface area contributed by atoms with Gasteiger partial charge in [0, 0.05) is 0 Å². The highest BCUT2D eigenvalue weighted by Gasteiger charge is 2.00. The average molecular weight is 331 g/mol. The molecule has 100 valence electrons. The van der Waals surface area contributed by atoms with Crippen LogP contribution in [0.5, 0.6) is 5.75 Å². The normalized spacial score (nSPS) is 11.2. The lowest BCUT2D eigenvalue weighted by molar-refractivity contribution is 0.472. The maximum absolute atomic E-state index is 9.41. The molecular weight excluding hydrogens is 320 g/mol. The van der Waals surface area contributed by atoms with Crippen LogP contribution in [-0.2, 0) is 0 Å². The smallest absolute Gasteiger partial charge is 0.222 e. The van der Waals surface area contributed by atoms with Crippen LogP contribution in [0.25, 0.3) is 11.0 Å². The van der Waals surface area contributed by atoms with Crippen LogP contribution in [0.2, 0.25) is 0 Å². The van der Waals surface area contributed by atoms with Gasteiger partial charge in [-0.2, -0.15) is 5.10 Å². The van der Waals surface area contributed by atoms with Crippen molar-refractivity contribution in [3.05, 3.63) is 52.5 Å². The number of anilines is 1. The van der Waals surface area contributed by atoms with Crippen LogP contribution in [0, 0.1) is 0 Å². The number of nitrogens with one attached hydrogen (secondary N) is 2. The van der Waals surface area contributed by atoms with Crippen molar-refractivity contribution < 1.29 is 5.11 Å². The van der Waals surface area contributed by atoms with E-state index >= 15 is 0 Å². The number of hydrazone groups is 1. The fourth-order valence-electron chi connectivity index (χ4n) is 1.78. The molecule has 0 saturated heterocycles. The van der Waals surface area contributed by atoms with E-state index in [0.717, 1.165) is 16.6 Å². The summed E-state index contributed by atoms with van der Waals surface area (Å²) in [5, 5.41) is 13.5. The summed E-state index contributed by atoms with van der Waals surface area (Å²) in [5.41, 5.74) is 5.54. The number of imidazole rings is 1. The summed E-state index contributed by atoms with van der Waals surface area (Å²) in [6, 6.07) is 12.9. The van der Waals surface area contributed by atoms with Crippen molar-refractivity contribution >= 4 is 39.1 Å². The molecule has 6 heteroatoms. The summed E-state index contributed by atoms with van der Waals surface area (Å²) in [5.74, 6) is 0.785. The number of benzene rings is 2. The minimum atomic E-state index is 0.201. The van der Waals surface area contributed by atoms with Gasteiger partial charge in [-0.25, -0.2) is 10.4 Å². The number of aromatic amines is 1. The first-order chi connectivity index (χ1) is 9.72. The lowest BCUT2D eigenvalue weighted by Crippen LogP contribution is -1.92. The van der Waals surface area contributed by atoms with Crippen LogP contribution in [0.4, 0.5) is 5.95 Å². The first-order valence-corrected chi connectivity index (χ1v) is 6.74. The molecule has 0 fully saturated rings. The Bertz CT molecular complexity index is 749. The minimum Gasteiger partial charge on any atom is -0.507 e. The van der Waals surface area contributed by atoms with E-state index < -0.39 is 0 Å². The fraction of sp³-hybridized carbons (Fsp3) is 0. The van der Waals surface area contributed by atoms with E-state index in [1.165, 1.54) is 0 Å². The number of hydrogen-bond acceptors (Lipinski definition) is 4. The zero-order valence-electron chi connectivity index (χ0n) is 10.3. The van der Waals surface area contributed by atoms with E-state index in [1.807, 2.05) is 24.3 Å². The summed E-state index contributed by atoms with van der Waals surface area (Å²) < 4.78 is 0.630. The Balaban J connectivity index is 1.75. The van der Waals surface area contributed by atoms with E-state index in [2.05, 4.69) is 36.4 Å². The maximum Gasteiger partial charge on any atom is 0.222 e. The van der Waals surface area contributed by atoms with Crippen LogP contribution < -0.4 is 5.43 Å². The summed E-state index contributed by atoms with van der Waals surface area (Å²) in [7, 11) is 0. The van der Waals surface area contributed by atoms with E-state index in [1.54, 1.807) is 24.4 Å². The highest BCUT2D eigenvalue weighted by atomic mass is 79.9. The van der Waals surface area contributed by atoms with Gasteiger partial charge in [0.1, 0.15) is 5.75 Å². The van der Waals surface area contributed by atoms with Crippen LogP contribution in [-0.4, -0.2) is 21.3 Å². The largest absolute Gasteiger partial charge is 0.507 e. The van der Waals surface area contributed by atoms with Crippen molar-refractivity contribution in [2.45, 2.75) is 0 Å². The third-order valence-electron chi connectivity index (χ3n) is 2.75. The molecule has 0 aliphatic heterocycles. The van der Waals surface area contributed by atoms with E-state index in [4.69, 9.17) is 0 Å². The molecule has 2 aromatic carbocycles. The summed E-state index contributed by atoms with van der Waals surface area (Å²) >= 11 is 3.26. The Morgan fingerprint density at radius 3 is 2.90 bits per heavy atom. The van der Waals surface area contributed by atoms with Gasteiger partial charge in [0.05, 0.1) is 21.7 Å². The molecule has 20 heavy (non-hydrogen) atoms. The molecule has 5 nitrogen and oxygen atoms in total. The summed E-state index contributed by atoms with van der Waals surface area (Å²) in [4.78, 5) is 7.46. The number of H-pyrrole nitrogens is 1. The van der Waals surface area contributed by atoms with E-state index in [-0.39, 0.29) is 5.75 Å². The van der Waals surface area contributed by atoms with Gasteiger partial charge in [-0.05, 0) is 51.8 Å². The zero-order chi connectivity index (χ0) is 13.9. The van der Waals surface area contributed by atoms with Gasteiger partial charge in [-0.1, -0.05) is 12.1 Å². The molecule has 0 aliphatic carbocycles. The Kier molecular flexibility index (Phi) is 3.39. The second kappa shape index (κ2) is 5.34. The number of hydrogen-bond donors (Lipinski definition) is 3. The third-order valence-corrected chi connectivity index (χ3v) is 3.38. The third kappa shape index (κ3) is 2.65. The zero-order valence-corrected chi connectivity index (χ0v) is 11.9. The van der Waals surface area contributed by atoms with Crippen molar-refractivity contribution in [3.63, 3.8) is 0 Å². The van der Waals surface area contributed by atoms with Crippen molar-refractivity contribution in [1.29, 1.82) is 0 Å². The van der Waals surface area contributed by atoms with Crippen LogP contribution in [0.3, 0.4) is 0 Å². The maximum atomic E-state index is 9.41. The molecule has 0 saturated carbocycles. The Labute approximate surface area is 123 Å². The topological polar surface area (TPSA) is 73.3 Å². The van der Waals surface area contributed by atoms with E-state index in [9.17, 15) is 5.11 Å². The second-order valence-corrected chi connectivity index (χ2v) is 5.04. The first kappa shape index (κ1) is 12.7. The predicted octanol–water partition coefficient (Wildman–Crippen LogP) is 3.48. The molecule has 0 spiro atoms. The van der Waals surface area contributed by atoms with E-state index in [0.29, 0.717) is 10.4 Å². The average Bonchev–Trinajstić information content (AvgIpc) is 2.85. The van der Waals surface area contributed by atoms with Crippen molar-refractivity contribution in [3.8, 4) is 5.75 Å². The number of halogens is 1. The number of para-hydroxylation sites is 2. The molecule has 0 unspecified atom stereocenters. The molecule has 3 rings (SSSR count). The van der Waals surface area contributed by atoms with Crippen LogP contribution >= 0.6 is 15.9 Å². The standard InChI is InChI=1S/C14H11BrN4O/c15-10-7-9(5-6-13(10)20)8-16-19-14-17-11-3-1-2-4-12(11)18-14/h1-8,20H,(H2,17,18,19). The highest BCUT2D eigenvalue weighted by Crippen LogP contribution is 2.23. The van der Waals surface area contributed by atoms with Gasteiger partial charge in [0.25, 0.3) is 0 Å². The molecule has 1 aromatic heterocycles. The van der Waals surface area contributed by atoms with Crippen LogP contribution in [0.1, 0.15) is 5.56 Å². The molecule has 0 radical (unpaired) electrons. The number of phenols is 1. The molecule has 3 aromatic rings. The number of rotatable bonds is 3. The molecule has 1 heterocycles. The number of nitrogens with zero attached hydrogens (tertiary/aromatic N) is 2. The molecule has 0 atom stereocenters. The predicted molar refractivity (Wildman–Crippen MR) is 83.1 cm³/mol. The molecule has 0 bridgehead atoms. The Morgan fingerprint density at radius 1 is 1.25 bits per heavy atom. The van der Waals surface area contributed by atoms with Gasteiger partial charge in [0.2, 0.25) is 5.95 Å². The second-order valence-electron chi connectivity index (χ2n) is 4.18. The van der Waals surface area contributed by atoms with Gasteiger partial charge in [0.15, 0.2) is 0 Å². The highest BCUT2D eigenvalue weighted by molar-refractivity contribution is 9.10. The monoisotopic (exact) mass is 330 g/mol. The van der Waals surface area contributed by atoms with Gasteiger partial charge >= 0.3 is 0 Å². The molecule has 0 amide bonds. The first-order valence-electron chi connectivity index (χ1n) is 5.95. The van der Waals surface area contributed by atoms with Crippen molar-refractivity contribution in [2.75, 3.05) is 5.43 Å². The Hall–Kier alpha value is -2.34. The van der Waals surface area contributed by atoms with Gasteiger partial charge in [-0.3, -0.25) is 0 Å². The van der Waals surface area contributed by atoms with Crippen molar-refractivity contribution in [1.82, 2.24) is 9.97 Å². The SMILES string of the molecule is Oc1ccc(C=NNc2nc3ccccc3[nH]2)cc1Br. The van der Waals surface area contributed by atoms with Gasteiger partial charge < -0.3 is 10.1 Å². The number of fused-ring (bicyclic) bond motifs is 1. The lowest BCUT2D eigenvalue weighted by Gasteiger charge is -1.98. The fourth-order valence-corrected chi connectivity index (χ4v) is 2.17. The molecule has 3 N–H and O–H groups in total. The Morgan fingerprint density at radius 2 is 2.10 bits per heavy atom.